The van der Waals surface area contributed by atoms with E-state index in [1.54, 1.807) is 13.3 Å². The van der Waals surface area contributed by atoms with Gasteiger partial charge < -0.3 is 10.5 Å². The Morgan fingerprint density at radius 2 is 2.30 bits per heavy atom. The molecule has 0 saturated heterocycles. The quantitative estimate of drug-likeness (QED) is 0.787. The van der Waals surface area contributed by atoms with E-state index in [0.29, 0.717) is 13.2 Å². The average Bonchev–Trinajstić information content (AvgIpc) is 2.45. The molecule has 2 aromatic rings. The maximum absolute atomic E-state index is 11.7. The number of halogens is 1. The molecule has 0 aliphatic rings. The lowest BCUT2D eigenvalue weighted by molar-refractivity contribution is -0.120. The molecule has 0 saturated carbocycles. The molecule has 1 unspecified atom stereocenters. The third-order valence-electron chi connectivity index (χ3n) is 3.00. The molecular weight excluding hydrogens is 322 g/mol. The van der Waals surface area contributed by atoms with Crippen molar-refractivity contribution >= 4 is 32.7 Å². The van der Waals surface area contributed by atoms with Gasteiger partial charge in [0.25, 0.3) is 0 Å². The normalized spacial score (nSPS) is 12.5. The predicted octanol–water partition coefficient (Wildman–Crippen LogP) is 1.76. The van der Waals surface area contributed by atoms with E-state index in [4.69, 9.17) is 10.5 Å². The molecule has 1 heterocycles. The maximum atomic E-state index is 11.7. The Bertz CT molecular complexity index is 618. The molecule has 2 rings (SSSR count). The highest BCUT2D eigenvalue weighted by Gasteiger charge is 2.20. The zero-order chi connectivity index (χ0) is 14.5. The van der Waals surface area contributed by atoms with Crippen molar-refractivity contribution in [2.75, 3.05) is 20.3 Å². The Morgan fingerprint density at radius 1 is 1.50 bits per heavy atom. The van der Waals surface area contributed by atoms with Crippen molar-refractivity contribution in [3.05, 3.63) is 40.5 Å². The molecule has 0 spiro atoms. The number of fused-ring (bicyclic) bond motifs is 1. The van der Waals surface area contributed by atoms with Crippen LogP contribution in [-0.4, -0.2) is 31.2 Å². The monoisotopic (exact) mass is 337 g/mol. The van der Waals surface area contributed by atoms with Crippen molar-refractivity contribution in [1.82, 2.24) is 10.3 Å². The van der Waals surface area contributed by atoms with Crippen molar-refractivity contribution < 1.29 is 9.53 Å². The molecule has 1 atom stereocenters. The molecule has 0 radical (unpaired) electrons. The summed E-state index contributed by atoms with van der Waals surface area (Å²) in [5.41, 5.74) is 7.03. The van der Waals surface area contributed by atoms with E-state index in [-0.39, 0.29) is 0 Å². The number of nitrogens with one attached hydrogen (secondary N) is 1. The molecule has 1 aromatic carbocycles. The number of nitrogens with two attached hydrogens (primary N) is 1. The van der Waals surface area contributed by atoms with E-state index < -0.39 is 11.9 Å². The maximum Gasteiger partial charge on any atom is 0.239 e. The highest BCUT2D eigenvalue weighted by atomic mass is 79.9. The minimum Gasteiger partial charge on any atom is -0.383 e. The number of hydrogen-bond donors (Lipinski definition) is 2. The van der Waals surface area contributed by atoms with Crippen LogP contribution < -0.4 is 11.1 Å². The largest absolute Gasteiger partial charge is 0.383 e. The van der Waals surface area contributed by atoms with Crippen molar-refractivity contribution in [3.63, 3.8) is 0 Å². The van der Waals surface area contributed by atoms with Crippen LogP contribution in [0, 0.1) is 0 Å². The third kappa shape index (κ3) is 3.15. The summed E-state index contributed by atoms with van der Waals surface area (Å²) in [5.74, 6) is -0.435. The summed E-state index contributed by atoms with van der Waals surface area (Å²) in [5, 5.41) is 4.04. The summed E-state index contributed by atoms with van der Waals surface area (Å²) >= 11 is 3.48. The smallest absolute Gasteiger partial charge is 0.239 e. The number of carbonyl (C=O) groups excluding carboxylic acids is 1. The molecule has 106 valence electrons. The van der Waals surface area contributed by atoms with E-state index in [1.807, 2.05) is 24.3 Å². The second kappa shape index (κ2) is 6.78. The van der Waals surface area contributed by atoms with Crippen LogP contribution in [0.1, 0.15) is 11.6 Å². The van der Waals surface area contributed by atoms with Crippen molar-refractivity contribution in [2.24, 2.45) is 5.73 Å². The van der Waals surface area contributed by atoms with Gasteiger partial charge in [-0.15, -0.1) is 0 Å². The average molecular weight is 338 g/mol. The molecule has 0 aliphatic heterocycles. The molecular formula is C14H16BrN3O2. The lowest BCUT2D eigenvalue weighted by atomic mass is 10.0. The molecule has 1 amide bonds. The first-order valence-corrected chi connectivity index (χ1v) is 6.99. The van der Waals surface area contributed by atoms with Crippen molar-refractivity contribution in [2.45, 2.75) is 6.04 Å². The zero-order valence-electron chi connectivity index (χ0n) is 11.1. The number of ether oxygens (including phenoxy) is 1. The number of primary amides is 1. The Labute approximate surface area is 125 Å². The minimum atomic E-state index is -0.587. The van der Waals surface area contributed by atoms with Crippen molar-refractivity contribution in [1.29, 1.82) is 0 Å². The number of pyridine rings is 1. The number of hydrogen-bond acceptors (Lipinski definition) is 4. The van der Waals surface area contributed by atoms with Crippen molar-refractivity contribution in [3.8, 4) is 0 Å². The fourth-order valence-corrected chi connectivity index (χ4v) is 2.51. The molecule has 0 bridgehead atoms. The van der Waals surface area contributed by atoms with Crippen LogP contribution in [0.3, 0.4) is 0 Å². The van der Waals surface area contributed by atoms with Gasteiger partial charge in [0.1, 0.15) is 6.04 Å². The van der Waals surface area contributed by atoms with Gasteiger partial charge in [0.15, 0.2) is 0 Å². The Hall–Kier alpha value is -1.50. The molecule has 0 aliphatic carbocycles. The van der Waals surface area contributed by atoms with Gasteiger partial charge in [-0.1, -0.05) is 28.1 Å². The standard InChI is InChI=1S/C14H16BrN3O2/c1-20-8-7-18-13(14(16)19)10-4-5-11(15)9-3-2-6-17-12(9)10/h2-6,13,18H,7-8H2,1H3,(H2,16,19). The number of methoxy groups -OCH3 is 1. The first-order valence-electron chi connectivity index (χ1n) is 6.20. The summed E-state index contributed by atoms with van der Waals surface area (Å²) in [7, 11) is 1.61. The fraction of sp³-hybridized carbons (Fsp3) is 0.286. The molecule has 20 heavy (non-hydrogen) atoms. The molecule has 3 N–H and O–H groups in total. The van der Waals surface area contributed by atoms with Gasteiger partial charge in [-0.2, -0.15) is 0 Å². The number of benzene rings is 1. The van der Waals surface area contributed by atoms with E-state index >= 15 is 0 Å². The van der Waals surface area contributed by atoms with Gasteiger partial charge in [-0.05, 0) is 12.1 Å². The summed E-state index contributed by atoms with van der Waals surface area (Å²) in [6.07, 6.45) is 1.70. The number of carbonyl (C=O) groups is 1. The second-order valence-electron chi connectivity index (χ2n) is 4.32. The topological polar surface area (TPSA) is 77.2 Å². The summed E-state index contributed by atoms with van der Waals surface area (Å²) in [6, 6.07) is 6.97. The summed E-state index contributed by atoms with van der Waals surface area (Å²) in [4.78, 5) is 16.1. The van der Waals surface area contributed by atoms with Gasteiger partial charge in [0.05, 0.1) is 12.1 Å². The van der Waals surface area contributed by atoms with Gasteiger partial charge in [-0.25, -0.2) is 0 Å². The van der Waals surface area contributed by atoms with E-state index in [2.05, 4.69) is 26.2 Å². The van der Waals surface area contributed by atoms with Crippen LogP contribution in [0.15, 0.2) is 34.9 Å². The lowest BCUT2D eigenvalue weighted by Gasteiger charge is -2.17. The summed E-state index contributed by atoms with van der Waals surface area (Å²) < 4.78 is 5.91. The highest BCUT2D eigenvalue weighted by Crippen LogP contribution is 2.28. The minimum absolute atomic E-state index is 0.435. The van der Waals surface area contributed by atoms with Gasteiger partial charge >= 0.3 is 0 Å². The molecule has 0 fully saturated rings. The third-order valence-corrected chi connectivity index (χ3v) is 3.69. The van der Waals surface area contributed by atoms with Gasteiger partial charge in [0.2, 0.25) is 5.91 Å². The predicted molar refractivity (Wildman–Crippen MR) is 81.3 cm³/mol. The first kappa shape index (κ1) is 14.9. The number of rotatable bonds is 6. The number of amides is 1. The number of aromatic nitrogens is 1. The Balaban J connectivity index is 2.43. The van der Waals surface area contributed by atoms with E-state index in [1.165, 1.54) is 0 Å². The van der Waals surface area contributed by atoms with Crippen LogP contribution in [0.5, 0.6) is 0 Å². The van der Waals surface area contributed by atoms with Crippen LogP contribution >= 0.6 is 15.9 Å². The zero-order valence-corrected chi connectivity index (χ0v) is 12.7. The summed E-state index contributed by atoms with van der Waals surface area (Å²) in [6.45, 7) is 1.04. The first-order chi connectivity index (χ1) is 9.65. The SMILES string of the molecule is COCCNC(C(N)=O)c1ccc(Br)c2cccnc12. The van der Waals surface area contributed by atoms with Crippen LogP contribution in [0.25, 0.3) is 10.9 Å². The number of nitrogens with zero attached hydrogens (tertiary/aromatic N) is 1. The Kier molecular flexibility index (Phi) is 5.05. The van der Waals surface area contributed by atoms with E-state index in [0.717, 1.165) is 20.9 Å². The Morgan fingerprint density at radius 3 is 3.00 bits per heavy atom. The second-order valence-corrected chi connectivity index (χ2v) is 5.17. The van der Waals surface area contributed by atoms with Crippen LogP contribution in [0.2, 0.25) is 0 Å². The lowest BCUT2D eigenvalue weighted by Crippen LogP contribution is -2.35. The molecule has 5 nitrogen and oxygen atoms in total. The van der Waals surface area contributed by atoms with Gasteiger partial charge in [0, 0.05) is 35.3 Å². The van der Waals surface area contributed by atoms with Crippen LogP contribution in [-0.2, 0) is 9.53 Å². The van der Waals surface area contributed by atoms with Gasteiger partial charge in [-0.3, -0.25) is 15.1 Å². The fourth-order valence-electron chi connectivity index (χ4n) is 2.06. The van der Waals surface area contributed by atoms with E-state index in [9.17, 15) is 4.79 Å². The molecule has 6 heteroatoms. The van der Waals surface area contributed by atoms with Crippen LogP contribution in [0.4, 0.5) is 0 Å². The highest BCUT2D eigenvalue weighted by molar-refractivity contribution is 9.10. The molecule has 1 aromatic heterocycles.